The topological polar surface area (TPSA) is 13.0 Å². The lowest BCUT2D eigenvalue weighted by Crippen LogP contribution is -2.55. The maximum atomic E-state index is 2.69. The van der Waals surface area contributed by atoms with Crippen molar-refractivity contribution in [3.8, 4) is 0 Å². The molecule has 0 bridgehead atoms. The van der Waals surface area contributed by atoms with Crippen LogP contribution in [0.25, 0.3) is 0 Å². The molecule has 2 fully saturated rings. The van der Waals surface area contributed by atoms with Crippen molar-refractivity contribution >= 4 is 11.4 Å². The van der Waals surface area contributed by atoms with Crippen molar-refractivity contribution in [2.45, 2.75) is 6.17 Å². The highest BCUT2D eigenvalue weighted by atomic mass is 15.4. The minimum atomic E-state index is 0.358. The summed E-state index contributed by atoms with van der Waals surface area (Å²) < 4.78 is 0. The first-order valence-electron chi connectivity index (χ1n) is 11.5. The van der Waals surface area contributed by atoms with E-state index in [9.17, 15) is 0 Å². The van der Waals surface area contributed by atoms with Gasteiger partial charge in [0.25, 0.3) is 0 Å². The molecule has 0 unspecified atom stereocenters. The van der Waals surface area contributed by atoms with Crippen LogP contribution >= 0.6 is 0 Å². The second kappa shape index (κ2) is 9.54. The van der Waals surface area contributed by atoms with Crippen LogP contribution in [0.4, 0.5) is 11.4 Å². The average Bonchev–Trinajstić information content (AvgIpc) is 2.87. The SMILES string of the molecule is c1ccc(C(N2CCN(c3ccccc3)CC2)N2CCN(c3ccccc3)CC2)cc1. The fourth-order valence-corrected chi connectivity index (χ4v) is 5.00. The van der Waals surface area contributed by atoms with Gasteiger partial charge in [-0.15, -0.1) is 0 Å². The third-order valence-corrected chi connectivity index (χ3v) is 6.66. The van der Waals surface area contributed by atoms with Crippen LogP contribution in [0.15, 0.2) is 91.0 Å². The molecular weight excluding hydrogens is 380 g/mol. The molecule has 5 rings (SSSR count). The summed E-state index contributed by atoms with van der Waals surface area (Å²) in [6.45, 7) is 8.69. The second-order valence-electron chi connectivity index (χ2n) is 8.50. The van der Waals surface area contributed by atoms with Crippen molar-refractivity contribution < 1.29 is 0 Å². The molecule has 31 heavy (non-hydrogen) atoms. The Bertz CT molecular complexity index is 856. The van der Waals surface area contributed by atoms with Gasteiger partial charge in [0.1, 0.15) is 0 Å². The Labute approximate surface area is 186 Å². The van der Waals surface area contributed by atoms with Crippen LogP contribution < -0.4 is 9.80 Å². The van der Waals surface area contributed by atoms with E-state index in [1.54, 1.807) is 0 Å². The molecule has 160 valence electrons. The highest BCUT2D eigenvalue weighted by Gasteiger charge is 2.31. The molecule has 0 N–H and O–H groups in total. The number of anilines is 2. The van der Waals surface area contributed by atoms with Crippen LogP contribution in [0.5, 0.6) is 0 Å². The molecule has 4 nitrogen and oxygen atoms in total. The summed E-state index contributed by atoms with van der Waals surface area (Å²) in [5.74, 6) is 0. The van der Waals surface area contributed by atoms with Crippen molar-refractivity contribution in [2.24, 2.45) is 0 Å². The van der Waals surface area contributed by atoms with Crippen LogP contribution in [0, 0.1) is 0 Å². The first kappa shape index (κ1) is 20.1. The zero-order valence-corrected chi connectivity index (χ0v) is 18.2. The normalized spacial score (nSPS) is 18.5. The van der Waals surface area contributed by atoms with Gasteiger partial charge in [-0.2, -0.15) is 0 Å². The Kier molecular flexibility index (Phi) is 6.19. The van der Waals surface area contributed by atoms with Gasteiger partial charge in [-0.25, -0.2) is 0 Å². The molecule has 4 heteroatoms. The standard InChI is InChI=1S/C27H32N4/c1-4-10-24(11-5-1)27(30-20-16-28(17-21-30)25-12-6-2-7-13-25)31-22-18-29(19-23-31)26-14-8-3-9-15-26/h1-15,27H,16-23H2. The van der Waals surface area contributed by atoms with Crippen LogP contribution in [0.2, 0.25) is 0 Å². The molecule has 2 saturated heterocycles. The number of benzene rings is 3. The minimum absolute atomic E-state index is 0.358. The monoisotopic (exact) mass is 412 g/mol. The smallest absolute Gasteiger partial charge is 0.0888 e. The molecule has 0 spiro atoms. The molecule has 3 aromatic carbocycles. The predicted molar refractivity (Wildman–Crippen MR) is 130 cm³/mol. The van der Waals surface area contributed by atoms with E-state index < -0.39 is 0 Å². The molecule has 0 aliphatic carbocycles. The van der Waals surface area contributed by atoms with Crippen molar-refractivity contribution in [1.29, 1.82) is 0 Å². The van der Waals surface area contributed by atoms with Gasteiger partial charge in [0.2, 0.25) is 0 Å². The van der Waals surface area contributed by atoms with Gasteiger partial charge in [-0.1, -0.05) is 66.7 Å². The maximum Gasteiger partial charge on any atom is 0.0888 e. The number of nitrogens with zero attached hydrogens (tertiary/aromatic N) is 4. The number of rotatable bonds is 5. The van der Waals surface area contributed by atoms with Gasteiger partial charge in [-0.3, -0.25) is 9.80 Å². The first-order valence-corrected chi connectivity index (χ1v) is 11.5. The fraction of sp³-hybridized carbons (Fsp3) is 0.333. The molecule has 0 radical (unpaired) electrons. The quantitative estimate of drug-likeness (QED) is 0.618. The third kappa shape index (κ3) is 4.60. The van der Waals surface area contributed by atoms with E-state index in [1.807, 2.05) is 0 Å². The Balaban J connectivity index is 1.29. The number of hydrogen-bond donors (Lipinski definition) is 0. The van der Waals surface area contributed by atoms with Crippen molar-refractivity contribution in [2.75, 3.05) is 62.2 Å². The predicted octanol–water partition coefficient (Wildman–Crippen LogP) is 4.33. The number of piperazine rings is 2. The van der Waals surface area contributed by atoms with E-state index >= 15 is 0 Å². The van der Waals surface area contributed by atoms with E-state index in [1.165, 1.54) is 16.9 Å². The molecule has 0 amide bonds. The molecule has 0 atom stereocenters. The molecule has 2 aliphatic rings. The van der Waals surface area contributed by atoms with Gasteiger partial charge >= 0.3 is 0 Å². The van der Waals surface area contributed by atoms with Gasteiger partial charge < -0.3 is 9.80 Å². The summed E-state index contributed by atoms with van der Waals surface area (Å²) in [5, 5.41) is 0. The maximum absolute atomic E-state index is 2.69. The van der Waals surface area contributed by atoms with Gasteiger partial charge in [-0.05, 0) is 29.8 Å². The van der Waals surface area contributed by atoms with E-state index in [0.29, 0.717) is 6.17 Å². The summed E-state index contributed by atoms with van der Waals surface area (Å²) in [4.78, 5) is 10.4. The molecular formula is C27H32N4. The average molecular weight is 413 g/mol. The van der Waals surface area contributed by atoms with Crippen LogP contribution in [0.3, 0.4) is 0 Å². The Morgan fingerprint density at radius 1 is 0.419 bits per heavy atom. The number of hydrogen-bond acceptors (Lipinski definition) is 4. The Morgan fingerprint density at radius 2 is 0.774 bits per heavy atom. The fourth-order valence-electron chi connectivity index (χ4n) is 5.00. The molecule has 2 heterocycles. The van der Waals surface area contributed by atoms with E-state index in [2.05, 4.69) is 111 Å². The lowest BCUT2D eigenvalue weighted by Gasteiger charge is -2.47. The van der Waals surface area contributed by atoms with Crippen molar-refractivity contribution in [1.82, 2.24) is 9.80 Å². The third-order valence-electron chi connectivity index (χ3n) is 6.66. The van der Waals surface area contributed by atoms with Crippen molar-refractivity contribution in [3.05, 3.63) is 96.6 Å². The second-order valence-corrected chi connectivity index (χ2v) is 8.50. The summed E-state index contributed by atoms with van der Waals surface area (Å²) in [6, 6.07) is 32.8. The summed E-state index contributed by atoms with van der Waals surface area (Å²) in [5.41, 5.74) is 4.11. The molecule has 0 saturated carbocycles. The zero-order valence-electron chi connectivity index (χ0n) is 18.2. The van der Waals surface area contributed by atoms with E-state index in [-0.39, 0.29) is 0 Å². The van der Waals surface area contributed by atoms with Gasteiger partial charge in [0, 0.05) is 63.7 Å². The summed E-state index contributed by atoms with van der Waals surface area (Å²) in [7, 11) is 0. The summed E-state index contributed by atoms with van der Waals surface area (Å²) >= 11 is 0. The van der Waals surface area contributed by atoms with Gasteiger partial charge in [0.05, 0.1) is 6.17 Å². The van der Waals surface area contributed by atoms with Crippen molar-refractivity contribution in [3.63, 3.8) is 0 Å². The van der Waals surface area contributed by atoms with Crippen LogP contribution in [0.1, 0.15) is 11.7 Å². The van der Waals surface area contributed by atoms with Crippen LogP contribution in [-0.2, 0) is 0 Å². The largest absolute Gasteiger partial charge is 0.369 e. The molecule has 3 aromatic rings. The lowest BCUT2D eigenvalue weighted by molar-refractivity contribution is 0.0324. The summed E-state index contributed by atoms with van der Waals surface area (Å²) in [6.07, 6.45) is 0.358. The number of para-hydroxylation sites is 2. The van der Waals surface area contributed by atoms with Crippen LogP contribution in [-0.4, -0.2) is 62.2 Å². The lowest BCUT2D eigenvalue weighted by atomic mass is 10.1. The van der Waals surface area contributed by atoms with Gasteiger partial charge in [0.15, 0.2) is 0 Å². The van der Waals surface area contributed by atoms with E-state index in [0.717, 1.165) is 52.4 Å². The Hall–Kier alpha value is -2.82. The molecule has 0 aromatic heterocycles. The first-order chi connectivity index (χ1) is 15.4. The zero-order chi connectivity index (χ0) is 20.9. The highest BCUT2D eigenvalue weighted by Crippen LogP contribution is 2.29. The molecule has 2 aliphatic heterocycles. The Morgan fingerprint density at radius 3 is 1.16 bits per heavy atom. The van der Waals surface area contributed by atoms with E-state index in [4.69, 9.17) is 0 Å². The highest BCUT2D eigenvalue weighted by molar-refractivity contribution is 5.47. The minimum Gasteiger partial charge on any atom is -0.369 e.